The summed E-state index contributed by atoms with van der Waals surface area (Å²) >= 11 is 0.171. The van der Waals surface area contributed by atoms with E-state index in [-0.39, 0.29) is 11.8 Å². The van der Waals surface area contributed by atoms with Crippen molar-refractivity contribution in [2.24, 2.45) is 5.73 Å². The Labute approximate surface area is 97.0 Å². The van der Waals surface area contributed by atoms with Gasteiger partial charge in [0.2, 0.25) is 11.7 Å². The zero-order valence-corrected chi connectivity index (χ0v) is 9.18. The second-order valence-electron chi connectivity index (χ2n) is 3.06. The number of thioether (sulfide) groups is 1. The van der Waals surface area contributed by atoms with Crippen LogP contribution in [-0.2, 0) is 4.79 Å². The molecular weight excluding hydrogens is 265 g/mol. The SMILES string of the molecule is C[C@@H](Sc1c(F)c(F)c(F)c(F)c1F)C(N)=O. The summed E-state index contributed by atoms with van der Waals surface area (Å²) in [6.45, 7) is 1.19. The molecule has 0 aliphatic carbocycles. The highest BCUT2D eigenvalue weighted by Crippen LogP contribution is 2.33. The van der Waals surface area contributed by atoms with Gasteiger partial charge in [0, 0.05) is 0 Å². The number of carbonyl (C=O) groups excluding carboxylic acids is 1. The minimum atomic E-state index is -2.24. The number of rotatable bonds is 3. The quantitative estimate of drug-likeness (QED) is 0.397. The minimum Gasteiger partial charge on any atom is -0.369 e. The standard InChI is InChI=1S/C9H6F5NOS/c1-2(9(15)16)17-8-6(13)4(11)3(10)5(12)7(8)14/h2H,1H3,(H2,15,16)/t2-/m1/s1. The lowest BCUT2D eigenvalue weighted by atomic mass is 10.3. The molecule has 0 radical (unpaired) electrons. The van der Waals surface area contributed by atoms with E-state index in [1.165, 1.54) is 6.92 Å². The molecule has 94 valence electrons. The molecule has 0 aliphatic rings. The molecular formula is C9H6F5NOS. The van der Waals surface area contributed by atoms with Gasteiger partial charge in [-0.15, -0.1) is 11.8 Å². The van der Waals surface area contributed by atoms with Crippen LogP contribution in [0, 0.1) is 29.1 Å². The van der Waals surface area contributed by atoms with Crippen molar-refractivity contribution in [2.75, 3.05) is 0 Å². The number of primary amides is 1. The number of carbonyl (C=O) groups is 1. The molecule has 0 fully saturated rings. The Bertz CT molecular complexity index is 450. The highest BCUT2D eigenvalue weighted by Gasteiger charge is 2.27. The van der Waals surface area contributed by atoms with Crippen LogP contribution in [0.25, 0.3) is 0 Å². The molecule has 0 saturated heterocycles. The van der Waals surface area contributed by atoms with Gasteiger partial charge in [-0.25, -0.2) is 22.0 Å². The Morgan fingerprint density at radius 2 is 1.35 bits per heavy atom. The van der Waals surface area contributed by atoms with Crippen molar-refractivity contribution in [2.45, 2.75) is 17.1 Å². The first-order valence-electron chi connectivity index (χ1n) is 4.24. The predicted octanol–water partition coefficient (Wildman–Crippen LogP) is 2.35. The largest absolute Gasteiger partial charge is 0.369 e. The fourth-order valence-corrected chi connectivity index (χ4v) is 1.78. The maximum atomic E-state index is 13.1. The summed E-state index contributed by atoms with van der Waals surface area (Å²) in [7, 11) is 0. The zero-order valence-electron chi connectivity index (χ0n) is 8.36. The van der Waals surface area contributed by atoms with Crippen molar-refractivity contribution in [1.82, 2.24) is 0 Å². The molecule has 0 bridgehead atoms. The number of halogens is 5. The highest BCUT2D eigenvalue weighted by atomic mass is 32.2. The average molecular weight is 271 g/mol. The number of benzene rings is 1. The van der Waals surface area contributed by atoms with Crippen LogP contribution in [0.4, 0.5) is 22.0 Å². The van der Waals surface area contributed by atoms with Gasteiger partial charge in [0.05, 0.1) is 10.1 Å². The molecule has 17 heavy (non-hydrogen) atoms. The van der Waals surface area contributed by atoms with Crippen LogP contribution in [0.1, 0.15) is 6.92 Å². The number of hydrogen-bond donors (Lipinski definition) is 1. The molecule has 1 aromatic carbocycles. The van der Waals surface area contributed by atoms with Crippen LogP contribution in [0.15, 0.2) is 4.90 Å². The molecule has 1 amide bonds. The molecule has 0 unspecified atom stereocenters. The molecule has 0 saturated carbocycles. The Balaban J connectivity index is 3.30. The van der Waals surface area contributed by atoms with Crippen LogP contribution in [0.5, 0.6) is 0 Å². The third kappa shape index (κ3) is 2.51. The van der Waals surface area contributed by atoms with Gasteiger partial charge in [0.1, 0.15) is 0 Å². The smallest absolute Gasteiger partial charge is 0.230 e. The predicted molar refractivity (Wildman–Crippen MR) is 50.7 cm³/mol. The average Bonchev–Trinajstić information content (AvgIpc) is 2.29. The molecule has 0 aliphatic heterocycles. The first-order chi connectivity index (χ1) is 7.77. The van der Waals surface area contributed by atoms with Gasteiger partial charge in [0.15, 0.2) is 23.3 Å². The monoisotopic (exact) mass is 271 g/mol. The molecule has 2 N–H and O–H groups in total. The van der Waals surface area contributed by atoms with Gasteiger partial charge in [-0.3, -0.25) is 4.79 Å². The van der Waals surface area contributed by atoms with Gasteiger partial charge in [-0.05, 0) is 6.92 Å². The Hall–Kier alpha value is -1.31. The first-order valence-corrected chi connectivity index (χ1v) is 5.12. The van der Waals surface area contributed by atoms with Gasteiger partial charge in [0.25, 0.3) is 0 Å². The molecule has 2 nitrogen and oxygen atoms in total. The van der Waals surface area contributed by atoms with E-state index in [1.54, 1.807) is 0 Å². The number of hydrogen-bond acceptors (Lipinski definition) is 2. The van der Waals surface area contributed by atoms with Crippen molar-refractivity contribution >= 4 is 17.7 Å². The summed E-state index contributed by atoms with van der Waals surface area (Å²) < 4.78 is 64.5. The van der Waals surface area contributed by atoms with E-state index in [1.807, 2.05) is 0 Å². The Morgan fingerprint density at radius 3 is 1.71 bits per heavy atom. The van der Waals surface area contributed by atoms with E-state index in [4.69, 9.17) is 5.73 Å². The summed E-state index contributed by atoms with van der Waals surface area (Å²) in [5.74, 6) is -11.2. The van der Waals surface area contributed by atoms with Gasteiger partial charge < -0.3 is 5.73 Å². The van der Waals surface area contributed by atoms with Crippen molar-refractivity contribution < 1.29 is 26.7 Å². The second kappa shape index (κ2) is 4.91. The van der Waals surface area contributed by atoms with Gasteiger partial charge in [-0.2, -0.15) is 0 Å². The van der Waals surface area contributed by atoms with E-state index in [0.29, 0.717) is 0 Å². The van der Waals surface area contributed by atoms with E-state index < -0.39 is 45.1 Å². The van der Waals surface area contributed by atoms with E-state index in [2.05, 4.69) is 0 Å². The van der Waals surface area contributed by atoms with Crippen LogP contribution in [0.3, 0.4) is 0 Å². The third-order valence-electron chi connectivity index (χ3n) is 1.86. The topological polar surface area (TPSA) is 43.1 Å². The summed E-state index contributed by atoms with van der Waals surface area (Å²) in [5.41, 5.74) is 4.82. The third-order valence-corrected chi connectivity index (χ3v) is 3.04. The van der Waals surface area contributed by atoms with Crippen LogP contribution in [0.2, 0.25) is 0 Å². The highest BCUT2D eigenvalue weighted by molar-refractivity contribution is 8.00. The second-order valence-corrected chi connectivity index (χ2v) is 4.41. The summed E-state index contributed by atoms with van der Waals surface area (Å²) in [6, 6.07) is 0. The molecule has 1 rings (SSSR count). The summed E-state index contributed by atoms with van der Waals surface area (Å²) in [4.78, 5) is 9.54. The van der Waals surface area contributed by atoms with Crippen LogP contribution in [-0.4, -0.2) is 11.2 Å². The molecule has 0 spiro atoms. The molecule has 8 heteroatoms. The molecule has 1 atom stereocenters. The van der Waals surface area contributed by atoms with E-state index in [0.717, 1.165) is 0 Å². The number of nitrogens with two attached hydrogens (primary N) is 1. The van der Waals surface area contributed by atoms with Crippen molar-refractivity contribution in [3.63, 3.8) is 0 Å². The maximum absolute atomic E-state index is 13.1. The lowest BCUT2D eigenvalue weighted by molar-refractivity contribution is -0.117. The van der Waals surface area contributed by atoms with Gasteiger partial charge in [-0.1, -0.05) is 0 Å². The van der Waals surface area contributed by atoms with Gasteiger partial charge >= 0.3 is 0 Å². The van der Waals surface area contributed by atoms with Crippen LogP contribution >= 0.6 is 11.8 Å². The number of amides is 1. The zero-order chi connectivity index (χ0) is 13.3. The lowest BCUT2D eigenvalue weighted by Crippen LogP contribution is -2.23. The van der Waals surface area contributed by atoms with E-state index in [9.17, 15) is 26.7 Å². The van der Waals surface area contributed by atoms with E-state index >= 15 is 0 Å². The molecule has 1 aromatic rings. The van der Waals surface area contributed by atoms with Crippen molar-refractivity contribution in [3.8, 4) is 0 Å². The first kappa shape index (κ1) is 13.8. The Kier molecular flexibility index (Phi) is 3.97. The van der Waals surface area contributed by atoms with Crippen LogP contribution < -0.4 is 5.73 Å². The Morgan fingerprint density at radius 1 is 1.00 bits per heavy atom. The molecule has 0 heterocycles. The van der Waals surface area contributed by atoms with Crippen molar-refractivity contribution in [1.29, 1.82) is 0 Å². The fraction of sp³-hybridized carbons (Fsp3) is 0.222. The normalized spacial score (nSPS) is 12.6. The summed E-state index contributed by atoms with van der Waals surface area (Å²) in [6.07, 6.45) is 0. The van der Waals surface area contributed by atoms with Crippen molar-refractivity contribution in [3.05, 3.63) is 29.1 Å². The fourth-order valence-electron chi connectivity index (χ4n) is 0.923. The maximum Gasteiger partial charge on any atom is 0.230 e. The molecule has 0 aromatic heterocycles. The minimum absolute atomic E-state index is 0.171. The lowest BCUT2D eigenvalue weighted by Gasteiger charge is -2.10. The summed E-state index contributed by atoms with van der Waals surface area (Å²) in [5, 5.41) is -1.12.